The quantitative estimate of drug-likeness (QED) is 0.508. The number of amides is 1. The summed E-state index contributed by atoms with van der Waals surface area (Å²) in [6.07, 6.45) is 0.169. The first-order valence-electron chi connectivity index (χ1n) is 5.82. The van der Waals surface area contributed by atoms with Gasteiger partial charge in [0, 0.05) is 25.2 Å². The number of anilines is 1. The molecule has 0 spiro atoms. The van der Waals surface area contributed by atoms with Crippen LogP contribution in [0.4, 0.5) is 11.4 Å². The fourth-order valence-electron chi connectivity index (χ4n) is 1.64. The van der Waals surface area contributed by atoms with Crippen molar-refractivity contribution in [3.05, 3.63) is 32.8 Å². The van der Waals surface area contributed by atoms with Crippen molar-refractivity contribution in [2.75, 3.05) is 18.8 Å². The number of nitro groups is 1. The normalized spacial score (nSPS) is 9.85. The molecule has 0 saturated heterocycles. The van der Waals surface area contributed by atoms with E-state index >= 15 is 0 Å². The third-order valence-corrected chi connectivity index (χ3v) is 3.03. The van der Waals surface area contributed by atoms with Crippen LogP contribution >= 0.6 is 11.6 Å². The number of carbonyl (C=O) groups excluding carboxylic acids is 1. The Morgan fingerprint density at radius 3 is 2.75 bits per heavy atom. The highest BCUT2D eigenvalue weighted by Gasteiger charge is 2.22. The summed E-state index contributed by atoms with van der Waals surface area (Å²) in [4.78, 5) is 23.8. The first-order valence-corrected chi connectivity index (χ1v) is 6.19. The van der Waals surface area contributed by atoms with E-state index in [2.05, 4.69) is 0 Å². The number of non-ortho nitro benzene ring substituents is 1. The molecule has 0 unspecified atom stereocenters. The zero-order valence-electron chi connectivity index (χ0n) is 10.8. The lowest BCUT2D eigenvalue weighted by Gasteiger charge is -2.20. The van der Waals surface area contributed by atoms with Gasteiger partial charge in [-0.25, -0.2) is 0 Å². The predicted octanol–water partition coefficient (Wildman–Crippen LogP) is 2.21. The minimum absolute atomic E-state index is 0.00215. The third kappa shape index (κ3) is 3.36. The van der Waals surface area contributed by atoms with Crippen LogP contribution in [-0.4, -0.2) is 28.8 Å². The number of benzene rings is 1. The van der Waals surface area contributed by atoms with Crippen molar-refractivity contribution in [1.82, 2.24) is 4.90 Å². The number of halogens is 1. The van der Waals surface area contributed by atoms with Crippen molar-refractivity contribution in [1.29, 1.82) is 5.26 Å². The topological polar surface area (TPSA) is 113 Å². The second kappa shape index (κ2) is 6.73. The van der Waals surface area contributed by atoms with Gasteiger partial charge in [0.15, 0.2) is 0 Å². The first-order chi connectivity index (χ1) is 9.42. The van der Waals surface area contributed by atoms with Crippen LogP contribution in [0.5, 0.6) is 0 Å². The second-order valence-corrected chi connectivity index (χ2v) is 4.35. The summed E-state index contributed by atoms with van der Waals surface area (Å²) >= 11 is 5.81. The van der Waals surface area contributed by atoms with E-state index in [-0.39, 0.29) is 34.9 Å². The molecule has 0 saturated carbocycles. The molecule has 0 atom stereocenters. The van der Waals surface area contributed by atoms with Crippen LogP contribution in [0.1, 0.15) is 23.7 Å². The van der Waals surface area contributed by atoms with Gasteiger partial charge in [0.2, 0.25) is 0 Å². The predicted molar refractivity (Wildman–Crippen MR) is 74.3 cm³/mol. The van der Waals surface area contributed by atoms with Crippen molar-refractivity contribution >= 4 is 28.9 Å². The van der Waals surface area contributed by atoms with Crippen LogP contribution in [0.2, 0.25) is 5.02 Å². The van der Waals surface area contributed by atoms with Crippen LogP contribution in [0.25, 0.3) is 0 Å². The second-order valence-electron chi connectivity index (χ2n) is 3.94. The molecule has 0 fully saturated rings. The van der Waals surface area contributed by atoms with Crippen molar-refractivity contribution in [3.63, 3.8) is 0 Å². The molecule has 106 valence electrons. The molecular weight excluding hydrogens is 284 g/mol. The molecule has 8 heteroatoms. The van der Waals surface area contributed by atoms with E-state index in [1.54, 1.807) is 6.92 Å². The number of nitriles is 1. The lowest BCUT2D eigenvalue weighted by molar-refractivity contribution is -0.384. The van der Waals surface area contributed by atoms with Crippen molar-refractivity contribution in [3.8, 4) is 6.07 Å². The monoisotopic (exact) mass is 296 g/mol. The molecule has 20 heavy (non-hydrogen) atoms. The molecule has 0 aliphatic heterocycles. The molecule has 1 amide bonds. The Balaban J connectivity index is 3.20. The van der Waals surface area contributed by atoms with E-state index in [4.69, 9.17) is 22.6 Å². The van der Waals surface area contributed by atoms with Crippen molar-refractivity contribution in [2.45, 2.75) is 13.3 Å². The number of nitrogens with two attached hydrogens (primary N) is 1. The average Bonchev–Trinajstić information content (AvgIpc) is 2.42. The molecule has 0 aliphatic rings. The number of hydrogen-bond donors (Lipinski definition) is 1. The largest absolute Gasteiger partial charge is 0.397 e. The maximum absolute atomic E-state index is 12.3. The van der Waals surface area contributed by atoms with E-state index in [1.807, 2.05) is 6.07 Å². The number of rotatable bonds is 5. The SMILES string of the molecule is CCN(CCC#N)C(=O)c1cc([N+](=O)[O-])cc(Cl)c1N. The standard InChI is InChI=1S/C12H13ClN4O3/c1-2-16(5-3-4-14)12(18)9-6-8(17(19)20)7-10(13)11(9)15/h6-7H,2-3,5,15H2,1H3. The smallest absolute Gasteiger partial charge is 0.271 e. The number of nitrogen functional groups attached to an aromatic ring is 1. The van der Waals surface area contributed by atoms with Gasteiger partial charge in [0.25, 0.3) is 11.6 Å². The number of carbonyl (C=O) groups is 1. The van der Waals surface area contributed by atoms with Gasteiger partial charge in [0.05, 0.1) is 33.7 Å². The molecule has 0 aliphatic carbocycles. The molecule has 2 N–H and O–H groups in total. The Bertz CT molecular complexity index is 583. The summed E-state index contributed by atoms with van der Waals surface area (Å²) < 4.78 is 0. The van der Waals surface area contributed by atoms with Gasteiger partial charge < -0.3 is 10.6 Å². The fraction of sp³-hybridized carbons (Fsp3) is 0.333. The van der Waals surface area contributed by atoms with Crippen LogP contribution < -0.4 is 5.73 Å². The van der Waals surface area contributed by atoms with Gasteiger partial charge in [-0.3, -0.25) is 14.9 Å². The minimum atomic E-state index is -0.645. The summed E-state index contributed by atoms with van der Waals surface area (Å²) in [6, 6.07) is 4.13. The average molecular weight is 297 g/mol. The fourth-order valence-corrected chi connectivity index (χ4v) is 1.86. The molecule has 1 aromatic rings. The summed E-state index contributed by atoms with van der Waals surface area (Å²) in [7, 11) is 0. The zero-order chi connectivity index (χ0) is 15.3. The lowest BCUT2D eigenvalue weighted by Crippen LogP contribution is -2.32. The lowest BCUT2D eigenvalue weighted by atomic mass is 10.1. The van der Waals surface area contributed by atoms with E-state index in [0.29, 0.717) is 6.54 Å². The van der Waals surface area contributed by atoms with Gasteiger partial charge in [-0.05, 0) is 6.92 Å². The third-order valence-electron chi connectivity index (χ3n) is 2.72. The highest BCUT2D eigenvalue weighted by atomic mass is 35.5. The Hall–Kier alpha value is -2.33. The number of hydrogen-bond acceptors (Lipinski definition) is 5. The van der Waals surface area contributed by atoms with E-state index in [1.165, 1.54) is 4.90 Å². The maximum atomic E-state index is 12.3. The van der Waals surface area contributed by atoms with E-state index < -0.39 is 10.8 Å². The highest BCUT2D eigenvalue weighted by Crippen LogP contribution is 2.29. The first kappa shape index (κ1) is 15.7. The van der Waals surface area contributed by atoms with Gasteiger partial charge in [-0.15, -0.1) is 0 Å². The summed E-state index contributed by atoms with van der Waals surface area (Å²) in [5.74, 6) is -0.481. The van der Waals surface area contributed by atoms with Crippen LogP contribution in [0.15, 0.2) is 12.1 Å². The van der Waals surface area contributed by atoms with Crippen LogP contribution in [-0.2, 0) is 0 Å². The molecule has 0 aromatic heterocycles. The molecular formula is C12H13ClN4O3. The van der Waals surface area contributed by atoms with Crippen molar-refractivity contribution in [2.24, 2.45) is 0 Å². The number of nitro benzene ring substituents is 1. The van der Waals surface area contributed by atoms with Gasteiger partial charge in [0.1, 0.15) is 0 Å². The van der Waals surface area contributed by atoms with Crippen LogP contribution in [0.3, 0.4) is 0 Å². The maximum Gasteiger partial charge on any atom is 0.271 e. The Morgan fingerprint density at radius 2 is 2.25 bits per heavy atom. The molecule has 0 bridgehead atoms. The highest BCUT2D eigenvalue weighted by molar-refractivity contribution is 6.34. The van der Waals surface area contributed by atoms with Gasteiger partial charge in [-0.2, -0.15) is 5.26 Å². The molecule has 7 nitrogen and oxygen atoms in total. The van der Waals surface area contributed by atoms with Crippen LogP contribution in [0, 0.1) is 21.4 Å². The summed E-state index contributed by atoms with van der Waals surface area (Å²) in [5.41, 5.74) is 5.38. The van der Waals surface area contributed by atoms with Crippen molar-refractivity contribution < 1.29 is 9.72 Å². The Labute approximate surface area is 120 Å². The summed E-state index contributed by atoms with van der Waals surface area (Å²) in [6.45, 7) is 2.33. The molecule has 0 radical (unpaired) electrons. The molecule has 1 rings (SSSR count). The van der Waals surface area contributed by atoms with E-state index in [0.717, 1.165) is 12.1 Å². The zero-order valence-corrected chi connectivity index (χ0v) is 11.6. The van der Waals surface area contributed by atoms with E-state index in [9.17, 15) is 14.9 Å². The Kier molecular flexibility index (Phi) is 5.29. The molecule has 0 heterocycles. The molecule has 1 aromatic carbocycles. The van der Waals surface area contributed by atoms with Gasteiger partial charge >= 0.3 is 0 Å². The summed E-state index contributed by atoms with van der Waals surface area (Å²) in [5, 5.41) is 19.3. The Morgan fingerprint density at radius 1 is 1.60 bits per heavy atom. The van der Waals surface area contributed by atoms with Gasteiger partial charge in [-0.1, -0.05) is 11.6 Å². The minimum Gasteiger partial charge on any atom is -0.397 e. The number of nitrogens with zero attached hydrogens (tertiary/aromatic N) is 3.